The zero-order chi connectivity index (χ0) is 17.7. The zero-order valence-electron chi connectivity index (χ0n) is 12.2. The first kappa shape index (κ1) is 17.1. The lowest BCUT2D eigenvalue weighted by Gasteiger charge is -2.06. The minimum Gasteiger partial charge on any atom is -0.465 e. The van der Waals surface area contributed by atoms with Crippen molar-refractivity contribution in [2.75, 3.05) is 18.1 Å². The number of cyclic esters (lactones) is 1. The number of benzene rings is 1. The highest BCUT2D eigenvalue weighted by atomic mass is 19.1. The molecule has 0 saturated carbocycles. The van der Waals surface area contributed by atoms with Gasteiger partial charge < -0.3 is 15.6 Å². The Hall–Kier alpha value is -3.24. The summed E-state index contributed by atoms with van der Waals surface area (Å²) < 4.78 is 33.1. The van der Waals surface area contributed by atoms with Crippen molar-refractivity contribution < 1.29 is 28.2 Å². The molecule has 11 heteroatoms. The van der Waals surface area contributed by atoms with Crippen LogP contribution in [0.5, 0.6) is 0 Å². The largest absolute Gasteiger partial charge is 0.465 e. The van der Waals surface area contributed by atoms with Crippen LogP contribution in [0.15, 0.2) is 24.4 Å². The molecule has 2 heterocycles. The number of halogens is 2. The fourth-order valence-corrected chi connectivity index (χ4v) is 1.94. The monoisotopic (exact) mass is 341 g/mol. The third kappa shape index (κ3) is 4.15. The molecule has 0 atom stereocenters. The summed E-state index contributed by atoms with van der Waals surface area (Å²) in [4.78, 5) is 21.4. The average molecular weight is 341 g/mol. The Balaban J connectivity index is 0.000000471. The molecule has 1 aliphatic rings. The van der Waals surface area contributed by atoms with Crippen molar-refractivity contribution in [1.82, 2.24) is 15.0 Å². The second-order valence-electron chi connectivity index (χ2n) is 4.58. The number of hydrogen-bond acceptors (Lipinski definition) is 5. The highest BCUT2D eigenvalue weighted by molar-refractivity contribution is 5.87. The molecule has 3 rings (SSSR count). The van der Waals surface area contributed by atoms with Crippen LogP contribution in [-0.4, -0.2) is 45.4 Å². The number of carbonyl (C=O) groups is 2. The Kier molecular flexibility index (Phi) is 5.24. The van der Waals surface area contributed by atoms with Crippen LogP contribution in [0.1, 0.15) is 5.56 Å². The van der Waals surface area contributed by atoms with Gasteiger partial charge in [-0.15, -0.1) is 5.10 Å². The number of hydrogen-bond donors (Lipinski definition) is 2. The standard InChI is InChI=1S/C12H10F2N4O2.CH3NO2/c13-9-2-1-3-10(14)8(9)6-17-7-11(15-16-17)18-4-5-20-12(18)19;2-1(3)4/h1-3,7H,4-6H2;2H2,(H,3,4). The Labute approximate surface area is 134 Å². The smallest absolute Gasteiger partial charge is 0.415 e. The van der Waals surface area contributed by atoms with Crippen LogP contribution in [0.4, 0.5) is 24.2 Å². The van der Waals surface area contributed by atoms with Gasteiger partial charge in [-0.2, -0.15) is 0 Å². The minimum atomic E-state index is -1.33. The maximum atomic E-state index is 13.5. The zero-order valence-corrected chi connectivity index (χ0v) is 12.2. The Morgan fingerprint density at radius 1 is 1.38 bits per heavy atom. The first-order chi connectivity index (χ1) is 11.4. The second-order valence-corrected chi connectivity index (χ2v) is 4.58. The number of ether oxygens (including phenoxy) is 1. The van der Waals surface area contributed by atoms with Gasteiger partial charge in [-0.1, -0.05) is 11.3 Å². The van der Waals surface area contributed by atoms with E-state index in [1.165, 1.54) is 34.0 Å². The highest BCUT2D eigenvalue weighted by Gasteiger charge is 2.26. The number of primary amides is 1. The lowest BCUT2D eigenvalue weighted by Crippen LogP contribution is -2.23. The van der Waals surface area contributed by atoms with Gasteiger partial charge in [0.15, 0.2) is 5.82 Å². The number of amides is 2. The summed E-state index contributed by atoms with van der Waals surface area (Å²) >= 11 is 0. The SMILES string of the molecule is NC(=O)O.O=C1OCCN1c1cn(Cc2c(F)cccc2F)nn1. The van der Waals surface area contributed by atoms with Gasteiger partial charge in [-0.3, -0.25) is 4.90 Å². The maximum absolute atomic E-state index is 13.5. The van der Waals surface area contributed by atoms with E-state index in [0.717, 1.165) is 0 Å². The molecule has 128 valence electrons. The Morgan fingerprint density at radius 3 is 2.54 bits per heavy atom. The van der Waals surface area contributed by atoms with Crippen molar-refractivity contribution >= 4 is 18.0 Å². The number of aromatic nitrogens is 3. The fraction of sp³-hybridized carbons (Fsp3) is 0.231. The van der Waals surface area contributed by atoms with E-state index in [9.17, 15) is 13.6 Å². The Morgan fingerprint density at radius 2 is 2.00 bits per heavy atom. The normalized spacial score (nSPS) is 13.2. The molecule has 0 unspecified atom stereocenters. The number of carbonyl (C=O) groups excluding carboxylic acids is 1. The van der Waals surface area contributed by atoms with E-state index in [-0.39, 0.29) is 18.7 Å². The van der Waals surface area contributed by atoms with E-state index in [0.29, 0.717) is 12.4 Å². The van der Waals surface area contributed by atoms with Crippen LogP contribution >= 0.6 is 0 Å². The topological polar surface area (TPSA) is 124 Å². The molecule has 1 aromatic carbocycles. The van der Waals surface area contributed by atoms with E-state index >= 15 is 0 Å². The fourth-order valence-electron chi connectivity index (χ4n) is 1.94. The maximum Gasteiger partial charge on any atom is 0.415 e. The molecule has 2 amide bonds. The molecular weight excluding hydrogens is 328 g/mol. The molecule has 3 N–H and O–H groups in total. The van der Waals surface area contributed by atoms with Gasteiger partial charge in [0.1, 0.15) is 18.2 Å². The molecule has 9 nitrogen and oxygen atoms in total. The molecule has 1 saturated heterocycles. The van der Waals surface area contributed by atoms with Gasteiger partial charge in [0.2, 0.25) is 0 Å². The highest BCUT2D eigenvalue weighted by Crippen LogP contribution is 2.17. The van der Waals surface area contributed by atoms with Crippen LogP contribution in [0.3, 0.4) is 0 Å². The van der Waals surface area contributed by atoms with Gasteiger partial charge in [-0.25, -0.2) is 23.1 Å². The predicted molar refractivity (Wildman–Crippen MR) is 76.4 cm³/mol. The van der Waals surface area contributed by atoms with Gasteiger partial charge >= 0.3 is 12.2 Å². The van der Waals surface area contributed by atoms with E-state index in [2.05, 4.69) is 16.0 Å². The first-order valence-corrected chi connectivity index (χ1v) is 6.64. The molecule has 0 aliphatic carbocycles. The summed E-state index contributed by atoms with van der Waals surface area (Å²) in [5, 5.41) is 14.7. The minimum absolute atomic E-state index is 0.103. The average Bonchev–Trinajstić information content (AvgIpc) is 3.11. The molecule has 1 fully saturated rings. The summed E-state index contributed by atoms with van der Waals surface area (Å²) in [6.45, 7) is 0.563. The summed E-state index contributed by atoms with van der Waals surface area (Å²) in [6, 6.07) is 3.64. The first-order valence-electron chi connectivity index (χ1n) is 6.64. The van der Waals surface area contributed by atoms with E-state index in [1.54, 1.807) is 0 Å². The molecule has 24 heavy (non-hydrogen) atoms. The molecule has 1 aromatic heterocycles. The summed E-state index contributed by atoms with van der Waals surface area (Å²) in [7, 11) is 0. The van der Waals surface area contributed by atoms with Gasteiger partial charge in [0.25, 0.3) is 0 Å². The van der Waals surface area contributed by atoms with Crippen LogP contribution in [0.2, 0.25) is 0 Å². The van der Waals surface area contributed by atoms with Crippen molar-refractivity contribution in [1.29, 1.82) is 0 Å². The van der Waals surface area contributed by atoms with Gasteiger partial charge in [0.05, 0.1) is 19.3 Å². The lowest BCUT2D eigenvalue weighted by atomic mass is 10.2. The van der Waals surface area contributed by atoms with Crippen molar-refractivity contribution in [2.45, 2.75) is 6.54 Å². The second kappa shape index (κ2) is 7.35. The quantitative estimate of drug-likeness (QED) is 0.864. The summed E-state index contributed by atoms with van der Waals surface area (Å²) in [5.74, 6) is -1.01. The van der Waals surface area contributed by atoms with Crippen molar-refractivity contribution in [3.63, 3.8) is 0 Å². The molecule has 0 spiro atoms. The Bertz CT molecular complexity index is 727. The van der Waals surface area contributed by atoms with Gasteiger partial charge in [-0.05, 0) is 12.1 Å². The number of carboxylic acid groups (broad SMARTS) is 1. The van der Waals surface area contributed by atoms with E-state index < -0.39 is 23.8 Å². The molecular formula is C13H13F2N5O4. The van der Waals surface area contributed by atoms with E-state index in [1.807, 2.05) is 0 Å². The van der Waals surface area contributed by atoms with Crippen molar-refractivity contribution in [3.8, 4) is 0 Å². The number of rotatable bonds is 3. The number of nitrogens with two attached hydrogens (primary N) is 1. The van der Waals surface area contributed by atoms with Crippen LogP contribution in [-0.2, 0) is 11.3 Å². The van der Waals surface area contributed by atoms with Gasteiger partial charge in [0, 0.05) is 5.56 Å². The third-order valence-electron chi connectivity index (χ3n) is 2.95. The molecule has 0 bridgehead atoms. The van der Waals surface area contributed by atoms with E-state index in [4.69, 9.17) is 14.6 Å². The predicted octanol–water partition coefficient (Wildman–Crippen LogP) is 1.18. The summed E-state index contributed by atoms with van der Waals surface area (Å²) in [5.41, 5.74) is 3.92. The van der Waals surface area contributed by atoms with Crippen molar-refractivity contribution in [3.05, 3.63) is 41.6 Å². The summed E-state index contributed by atoms with van der Waals surface area (Å²) in [6.07, 6.45) is -0.396. The third-order valence-corrected chi connectivity index (χ3v) is 2.95. The lowest BCUT2D eigenvalue weighted by molar-refractivity contribution is 0.181. The molecule has 0 radical (unpaired) electrons. The number of anilines is 1. The van der Waals surface area contributed by atoms with Crippen LogP contribution in [0, 0.1) is 11.6 Å². The molecule has 1 aliphatic heterocycles. The van der Waals surface area contributed by atoms with Crippen molar-refractivity contribution in [2.24, 2.45) is 5.73 Å². The van der Waals surface area contributed by atoms with Crippen LogP contribution in [0.25, 0.3) is 0 Å². The van der Waals surface area contributed by atoms with Crippen LogP contribution < -0.4 is 10.6 Å². The number of nitrogens with zero attached hydrogens (tertiary/aromatic N) is 4. The molecule has 2 aromatic rings.